The summed E-state index contributed by atoms with van der Waals surface area (Å²) >= 11 is 0. The van der Waals surface area contributed by atoms with Crippen molar-refractivity contribution in [3.8, 4) is 0 Å². The van der Waals surface area contributed by atoms with E-state index in [4.69, 9.17) is 15.4 Å². The number of allylic oxidation sites excluding steroid dienone is 5. The molecule has 0 heterocycles. The van der Waals surface area contributed by atoms with Crippen molar-refractivity contribution in [2.24, 2.45) is 29.1 Å². The van der Waals surface area contributed by atoms with Gasteiger partial charge in [0.25, 0.3) is 0 Å². The average molecular weight is 653 g/mol. The van der Waals surface area contributed by atoms with Crippen LogP contribution in [0.2, 0.25) is 36.3 Å². The normalized spacial score (nSPS) is 34.5. The average Bonchev–Trinajstić information content (AvgIpc) is 3.67. The van der Waals surface area contributed by atoms with Gasteiger partial charge in [-0.3, -0.25) is 4.79 Å². The van der Waals surface area contributed by atoms with Crippen molar-refractivity contribution in [3.63, 3.8) is 0 Å². The topological polar surface area (TPSA) is 35.5 Å². The van der Waals surface area contributed by atoms with E-state index in [-0.39, 0.29) is 21.8 Å². The van der Waals surface area contributed by atoms with Gasteiger partial charge < -0.3 is 8.85 Å². The van der Waals surface area contributed by atoms with E-state index in [1.54, 1.807) is 5.57 Å². The lowest BCUT2D eigenvalue weighted by Gasteiger charge is -2.50. The van der Waals surface area contributed by atoms with Gasteiger partial charge in [-0.05, 0) is 129 Å². The van der Waals surface area contributed by atoms with Gasteiger partial charge in [-0.25, -0.2) is 0 Å². The third-order valence-corrected chi connectivity index (χ3v) is 22.4. The summed E-state index contributed by atoms with van der Waals surface area (Å²) in [5, 5.41) is 0.283. The summed E-state index contributed by atoms with van der Waals surface area (Å²) in [6, 6.07) is 0. The number of fused-ring (bicyclic) bond motifs is 1. The van der Waals surface area contributed by atoms with Crippen LogP contribution < -0.4 is 0 Å². The number of rotatable bonds is 9. The zero-order valence-electron chi connectivity index (χ0n) is 31.5. The van der Waals surface area contributed by atoms with Crippen LogP contribution in [0, 0.1) is 29.1 Å². The molecule has 0 radical (unpaired) electrons. The zero-order valence-corrected chi connectivity index (χ0v) is 33.5. The van der Waals surface area contributed by atoms with Crippen LogP contribution in [0.25, 0.3) is 0 Å². The van der Waals surface area contributed by atoms with Gasteiger partial charge in [0, 0.05) is 18.8 Å². The number of hydrogen-bond acceptors (Lipinski definition) is 3. The van der Waals surface area contributed by atoms with E-state index in [2.05, 4.69) is 107 Å². The summed E-state index contributed by atoms with van der Waals surface area (Å²) in [5.74, 6) is 2.36. The van der Waals surface area contributed by atoms with Crippen LogP contribution in [-0.2, 0) is 13.6 Å². The lowest BCUT2D eigenvalue weighted by molar-refractivity contribution is -0.115. The Balaban J connectivity index is 1.62. The summed E-state index contributed by atoms with van der Waals surface area (Å²) in [5.41, 5.74) is 4.12. The lowest BCUT2D eigenvalue weighted by Crippen LogP contribution is -2.53. The number of carbonyl (C=O) groups is 1. The second kappa shape index (κ2) is 12.8. The first-order valence-electron chi connectivity index (χ1n) is 18.2. The third-order valence-electron chi connectivity index (χ3n) is 13.2. The summed E-state index contributed by atoms with van der Waals surface area (Å²) in [7, 11) is -4.02. The molecule has 0 amide bonds. The van der Waals surface area contributed by atoms with Crippen molar-refractivity contribution < 1.29 is 13.6 Å². The number of hydrogen-bond donors (Lipinski definition) is 0. The fourth-order valence-corrected chi connectivity index (χ4v) is 11.2. The quantitative estimate of drug-likeness (QED) is 0.184. The van der Waals surface area contributed by atoms with Gasteiger partial charge in [0.05, 0.1) is 11.7 Å². The Bertz CT molecular complexity index is 1220. The minimum Gasteiger partial charge on any atom is -0.411 e. The van der Waals surface area contributed by atoms with Gasteiger partial charge in [0.15, 0.2) is 22.4 Å². The first-order valence-corrected chi connectivity index (χ1v) is 24.0. The first kappa shape index (κ1) is 36.8. The molecule has 254 valence electrons. The minimum absolute atomic E-state index is 0.0162. The van der Waals surface area contributed by atoms with E-state index in [1.807, 2.05) is 6.08 Å². The van der Waals surface area contributed by atoms with Crippen LogP contribution in [-0.4, -0.2) is 34.1 Å². The highest BCUT2D eigenvalue weighted by Gasteiger charge is 2.51. The van der Waals surface area contributed by atoms with Crippen molar-refractivity contribution in [1.29, 1.82) is 0 Å². The molecular formula is C40H68O3Si2. The summed E-state index contributed by atoms with van der Waals surface area (Å²) in [4.78, 5) is 12.4. The Morgan fingerprint density at radius 1 is 0.956 bits per heavy atom. The molecule has 0 spiro atoms. The highest BCUT2D eigenvalue weighted by atomic mass is 28.4. The highest BCUT2D eigenvalue weighted by Crippen LogP contribution is 2.59. The second-order valence-corrected chi connectivity index (χ2v) is 28.5. The molecule has 0 aromatic heterocycles. The van der Waals surface area contributed by atoms with E-state index in [0.717, 1.165) is 31.3 Å². The standard InChI is InChI=1S/C40H68O3Si2/c1-28(17-24-35(41)31-19-20-31)33-22-23-34-30(16-15-25-40(33,34)10)18-21-32-26-39(9,43-45(13,14)38(6,7)8)27-36(29(32)2)42-44(11,12)37(3,4)5/h17-18,21,24,28,31,33-34,36H,2,15-16,19-20,22-23,25-27H2,1,3-14H3/b24-17+,30-18+,32-21+/t28-,33-,34+,36+,39-,40-/m1/s1. The molecule has 0 aromatic carbocycles. The molecule has 3 nitrogen and oxygen atoms in total. The Morgan fingerprint density at radius 2 is 1.58 bits per heavy atom. The molecular weight excluding hydrogens is 585 g/mol. The van der Waals surface area contributed by atoms with Crippen molar-refractivity contribution >= 4 is 22.4 Å². The number of carbonyl (C=O) groups excluding carboxylic acids is 1. The van der Waals surface area contributed by atoms with E-state index in [1.165, 1.54) is 37.7 Å². The van der Waals surface area contributed by atoms with Gasteiger partial charge in [0.1, 0.15) is 0 Å². The summed E-state index contributed by atoms with van der Waals surface area (Å²) in [6.45, 7) is 35.4. The molecule has 0 unspecified atom stereocenters. The molecule has 45 heavy (non-hydrogen) atoms. The Labute approximate surface area is 280 Å². The molecule has 4 aliphatic carbocycles. The maximum absolute atomic E-state index is 12.4. The molecule has 4 fully saturated rings. The monoisotopic (exact) mass is 652 g/mol. The van der Waals surface area contributed by atoms with Crippen molar-refractivity contribution in [2.75, 3.05) is 0 Å². The van der Waals surface area contributed by atoms with Gasteiger partial charge in [-0.15, -0.1) is 0 Å². The Hall–Kier alpha value is -1.02. The lowest BCUT2D eigenvalue weighted by atomic mass is 9.61. The van der Waals surface area contributed by atoms with E-state index in [9.17, 15) is 4.79 Å². The van der Waals surface area contributed by atoms with Crippen LogP contribution in [0.15, 0.2) is 47.6 Å². The maximum atomic E-state index is 12.4. The van der Waals surface area contributed by atoms with Crippen LogP contribution in [0.3, 0.4) is 0 Å². The molecule has 0 aromatic rings. The second-order valence-electron chi connectivity index (χ2n) is 19.0. The molecule has 0 bridgehead atoms. The summed E-state index contributed by atoms with van der Waals surface area (Å²) in [6.07, 6.45) is 19.2. The fraction of sp³-hybridized carbons (Fsp3) is 0.775. The zero-order chi connectivity index (χ0) is 33.8. The molecule has 0 saturated heterocycles. The van der Waals surface area contributed by atoms with E-state index in [0.29, 0.717) is 34.9 Å². The largest absolute Gasteiger partial charge is 0.411 e. The summed E-state index contributed by atoms with van der Waals surface area (Å²) < 4.78 is 14.4. The van der Waals surface area contributed by atoms with Crippen LogP contribution in [0.5, 0.6) is 0 Å². The number of ketones is 1. The fourth-order valence-electron chi connectivity index (χ4n) is 8.20. The predicted molar refractivity (Wildman–Crippen MR) is 198 cm³/mol. The molecule has 0 aliphatic heterocycles. The van der Waals surface area contributed by atoms with Crippen molar-refractivity contribution in [3.05, 3.63) is 47.6 Å². The Kier molecular flexibility index (Phi) is 10.5. The maximum Gasteiger partial charge on any atom is 0.192 e. The van der Waals surface area contributed by atoms with Crippen molar-refractivity contribution in [2.45, 2.75) is 168 Å². The van der Waals surface area contributed by atoms with Gasteiger partial charge in [-0.1, -0.05) is 85.8 Å². The third kappa shape index (κ3) is 8.00. The van der Waals surface area contributed by atoms with Crippen molar-refractivity contribution in [1.82, 2.24) is 0 Å². The Morgan fingerprint density at radius 3 is 2.16 bits per heavy atom. The van der Waals surface area contributed by atoms with Gasteiger partial charge in [0.2, 0.25) is 0 Å². The van der Waals surface area contributed by atoms with Gasteiger partial charge in [-0.2, -0.15) is 0 Å². The molecule has 5 heteroatoms. The minimum atomic E-state index is -2.01. The molecule has 4 saturated carbocycles. The molecule has 4 aliphatic rings. The van der Waals surface area contributed by atoms with E-state index < -0.39 is 16.6 Å². The molecule has 4 rings (SSSR count). The highest BCUT2D eigenvalue weighted by molar-refractivity contribution is 6.74. The SMILES string of the molecule is C=C1/C(=C/C=C2\CCC[C@]3(C)[C@@H]([C@H](C)/C=C/C(=O)C4CC4)CC[C@@H]23)C[C@@](C)(O[Si](C)(C)C(C)(C)C)C[C@@H]1O[Si](C)(C)C(C)(C)C. The molecule has 6 atom stereocenters. The first-order chi connectivity index (χ1) is 20.5. The van der Waals surface area contributed by atoms with Gasteiger partial charge >= 0.3 is 0 Å². The van der Waals surface area contributed by atoms with Crippen LogP contribution >= 0.6 is 0 Å². The van der Waals surface area contributed by atoms with Crippen LogP contribution in [0.1, 0.15) is 120 Å². The smallest absolute Gasteiger partial charge is 0.192 e. The predicted octanol–water partition coefficient (Wildman–Crippen LogP) is 11.7. The molecule has 0 N–H and O–H groups in total. The van der Waals surface area contributed by atoms with E-state index >= 15 is 0 Å². The van der Waals surface area contributed by atoms with Crippen LogP contribution in [0.4, 0.5) is 0 Å².